The predicted octanol–water partition coefficient (Wildman–Crippen LogP) is 3.60. The zero-order valence-electron chi connectivity index (χ0n) is 18.3. The summed E-state index contributed by atoms with van der Waals surface area (Å²) in [5, 5.41) is 10.2. The molecule has 1 aromatic rings. The lowest BCUT2D eigenvalue weighted by Crippen LogP contribution is -2.50. The van der Waals surface area contributed by atoms with Crippen LogP contribution >= 0.6 is 0 Å². The number of fused-ring (bicyclic) bond motifs is 1. The molecule has 1 aromatic carbocycles. The van der Waals surface area contributed by atoms with Crippen LogP contribution in [-0.4, -0.2) is 60.4 Å². The van der Waals surface area contributed by atoms with E-state index in [0.717, 1.165) is 51.1 Å². The van der Waals surface area contributed by atoms with Gasteiger partial charge in [-0.15, -0.1) is 0 Å². The Morgan fingerprint density at radius 2 is 2.03 bits per heavy atom. The van der Waals surface area contributed by atoms with Gasteiger partial charge >= 0.3 is 12.1 Å². The van der Waals surface area contributed by atoms with Crippen LogP contribution in [0.2, 0.25) is 0 Å². The van der Waals surface area contributed by atoms with Crippen molar-refractivity contribution in [1.82, 2.24) is 10.2 Å². The Bertz CT molecular complexity index is 787. The Morgan fingerprint density at radius 3 is 2.62 bits per heavy atom. The number of carboxylic acids is 1. The third-order valence-electron chi connectivity index (χ3n) is 5.83. The number of benzene rings is 1. The number of hydrogen-bond donors (Lipinski definition) is 2. The first-order valence-electron chi connectivity index (χ1n) is 10.6. The van der Waals surface area contributed by atoms with E-state index in [0.29, 0.717) is 6.54 Å². The molecule has 2 atom stereocenters. The molecule has 1 amide bonds. The maximum Gasteiger partial charge on any atom is 0.490 e. The summed E-state index contributed by atoms with van der Waals surface area (Å²) in [6.45, 7) is 8.02. The summed E-state index contributed by atoms with van der Waals surface area (Å²) in [6, 6.07) is 6.86. The molecule has 0 unspecified atom stereocenters. The second-order valence-electron chi connectivity index (χ2n) is 8.60. The molecule has 0 aliphatic carbocycles. The second-order valence-corrected chi connectivity index (χ2v) is 8.60. The molecule has 2 saturated heterocycles. The van der Waals surface area contributed by atoms with Crippen LogP contribution in [0.1, 0.15) is 38.7 Å². The Hall–Kier alpha value is -2.20. The van der Waals surface area contributed by atoms with Crippen molar-refractivity contribution in [3.05, 3.63) is 35.6 Å². The molecule has 32 heavy (non-hydrogen) atoms. The number of ether oxygens (including phenoxy) is 1. The van der Waals surface area contributed by atoms with Crippen molar-refractivity contribution >= 4 is 11.9 Å². The lowest BCUT2D eigenvalue weighted by atomic mass is 9.74. The molecule has 0 bridgehead atoms. The molecule has 2 aliphatic rings. The summed E-state index contributed by atoms with van der Waals surface area (Å²) in [7, 11) is 0. The normalized spacial score (nSPS) is 23.3. The van der Waals surface area contributed by atoms with E-state index in [1.165, 1.54) is 6.07 Å². The number of alkyl halides is 3. The second kappa shape index (κ2) is 11.1. The molecule has 6 nitrogen and oxygen atoms in total. The average Bonchev–Trinajstić information content (AvgIpc) is 3.10. The first kappa shape index (κ1) is 26.1. The average molecular weight is 462 g/mol. The van der Waals surface area contributed by atoms with Gasteiger partial charge in [0.1, 0.15) is 5.82 Å². The zero-order valence-corrected chi connectivity index (χ0v) is 18.3. The van der Waals surface area contributed by atoms with Gasteiger partial charge in [-0.2, -0.15) is 13.2 Å². The monoisotopic (exact) mass is 462 g/mol. The number of nitrogens with zero attached hydrogens (tertiary/aromatic N) is 1. The number of nitrogens with one attached hydrogen (secondary N) is 1. The maximum absolute atomic E-state index is 13.4. The molecule has 10 heteroatoms. The smallest absolute Gasteiger partial charge is 0.475 e. The molecular formula is C22H30F4N2O4. The van der Waals surface area contributed by atoms with Crippen LogP contribution in [0.25, 0.3) is 0 Å². The minimum absolute atomic E-state index is 0.0176. The molecule has 0 saturated carbocycles. The standard InChI is InChI=1S/C20H29FN2O2.C2HF3O2/c1-15(2)19(24)22-9-7-20-8-11-25-18(20)6-10-23(14-20)13-16-4-3-5-17(21)12-16;3-2(4,5)1(6)7/h3-5,12,15,18H,6-11,13-14H2,1-2H3,(H,22,24);(H,6,7)/t18-,20+;/m1./s1. The van der Waals surface area contributed by atoms with Crippen LogP contribution < -0.4 is 5.32 Å². The van der Waals surface area contributed by atoms with Gasteiger partial charge in [-0.1, -0.05) is 26.0 Å². The minimum atomic E-state index is -5.08. The predicted molar refractivity (Wildman–Crippen MR) is 109 cm³/mol. The topological polar surface area (TPSA) is 78.9 Å². The molecule has 2 N–H and O–H groups in total. The van der Waals surface area contributed by atoms with E-state index in [2.05, 4.69) is 10.2 Å². The molecule has 2 fully saturated rings. The highest BCUT2D eigenvalue weighted by atomic mass is 19.4. The largest absolute Gasteiger partial charge is 0.490 e. The number of halogens is 4. The van der Waals surface area contributed by atoms with Gasteiger partial charge in [-0.05, 0) is 37.0 Å². The number of likely N-dealkylation sites (tertiary alicyclic amines) is 1. The van der Waals surface area contributed by atoms with Crippen molar-refractivity contribution in [2.75, 3.05) is 26.2 Å². The van der Waals surface area contributed by atoms with Crippen molar-refractivity contribution in [3.8, 4) is 0 Å². The zero-order chi connectivity index (χ0) is 23.9. The first-order valence-corrected chi connectivity index (χ1v) is 10.6. The highest BCUT2D eigenvalue weighted by Gasteiger charge is 2.47. The number of piperidine rings is 1. The van der Waals surface area contributed by atoms with Crippen LogP contribution in [0.5, 0.6) is 0 Å². The fraction of sp³-hybridized carbons (Fsp3) is 0.636. The van der Waals surface area contributed by atoms with E-state index in [4.69, 9.17) is 14.6 Å². The van der Waals surface area contributed by atoms with E-state index < -0.39 is 12.1 Å². The number of aliphatic carboxylic acids is 1. The van der Waals surface area contributed by atoms with E-state index in [9.17, 15) is 22.4 Å². The van der Waals surface area contributed by atoms with Crippen LogP contribution in [0.4, 0.5) is 17.6 Å². The van der Waals surface area contributed by atoms with Gasteiger partial charge in [0.05, 0.1) is 6.10 Å². The summed E-state index contributed by atoms with van der Waals surface area (Å²) >= 11 is 0. The first-order chi connectivity index (χ1) is 14.9. The minimum Gasteiger partial charge on any atom is -0.475 e. The molecule has 3 rings (SSSR count). The molecule has 0 aromatic heterocycles. The summed E-state index contributed by atoms with van der Waals surface area (Å²) in [5.74, 6) is -2.81. The van der Waals surface area contributed by atoms with E-state index in [-0.39, 0.29) is 29.2 Å². The lowest BCUT2D eigenvalue weighted by molar-refractivity contribution is -0.192. The summed E-state index contributed by atoms with van der Waals surface area (Å²) < 4.78 is 51.2. The quantitative estimate of drug-likeness (QED) is 0.632. The maximum atomic E-state index is 13.4. The molecule has 2 heterocycles. The lowest BCUT2D eigenvalue weighted by Gasteiger charge is -2.44. The van der Waals surface area contributed by atoms with Crippen LogP contribution in [0.3, 0.4) is 0 Å². The van der Waals surface area contributed by atoms with Crippen LogP contribution in [0, 0.1) is 17.2 Å². The summed E-state index contributed by atoms with van der Waals surface area (Å²) in [6.07, 6.45) is -1.81. The van der Waals surface area contributed by atoms with Crippen LogP contribution in [-0.2, 0) is 20.9 Å². The van der Waals surface area contributed by atoms with E-state index >= 15 is 0 Å². The third kappa shape index (κ3) is 7.44. The number of hydrogen-bond acceptors (Lipinski definition) is 4. The van der Waals surface area contributed by atoms with E-state index in [1.54, 1.807) is 12.1 Å². The SMILES string of the molecule is CC(C)C(=O)NCC[C@@]12CCO[C@@H]1CCN(Cc1cccc(F)c1)C2.O=C(O)C(F)(F)F. The number of carbonyl (C=O) groups excluding carboxylic acids is 1. The van der Waals surface area contributed by atoms with Gasteiger partial charge < -0.3 is 15.2 Å². The Labute approximate surface area is 184 Å². The van der Waals surface area contributed by atoms with Gasteiger partial charge in [-0.3, -0.25) is 9.69 Å². The van der Waals surface area contributed by atoms with Gasteiger partial charge in [0.2, 0.25) is 5.91 Å². The Balaban J connectivity index is 0.000000451. The Morgan fingerprint density at radius 1 is 1.34 bits per heavy atom. The third-order valence-corrected chi connectivity index (χ3v) is 5.83. The fourth-order valence-corrected chi connectivity index (χ4v) is 4.17. The van der Waals surface area contributed by atoms with Gasteiger partial charge in [-0.25, -0.2) is 9.18 Å². The van der Waals surface area contributed by atoms with Crippen molar-refractivity contribution in [1.29, 1.82) is 0 Å². The van der Waals surface area contributed by atoms with Crippen molar-refractivity contribution < 1.29 is 37.0 Å². The van der Waals surface area contributed by atoms with Crippen molar-refractivity contribution in [2.45, 2.75) is 51.9 Å². The van der Waals surface area contributed by atoms with Gasteiger partial charge in [0, 0.05) is 44.1 Å². The summed E-state index contributed by atoms with van der Waals surface area (Å²) in [4.78, 5) is 23.1. The van der Waals surface area contributed by atoms with Crippen molar-refractivity contribution in [3.63, 3.8) is 0 Å². The molecule has 180 valence electrons. The number of carbonyl (C=O) groups is 2. The highest BCUT2D eigenvalue weighted by molar-refractivity contribution is 5.77. The Kier molecular flexibility index (Phi) is 9.03. The molecule has 0 radical (unpaired) electrons. The summed E-state index contributed by atoms with van der Waals surface area (Å²) in [5.41, 5.74) is 1.12. The fourth-order valence-electron chi connectivity index (χ4n) is 4.17. The highest BCUT2D eigenvalue weighted by Crippen LogP contribution is 2.43. The number of carboxylic acid groups (broad SMARTS) is 1. The van der Waals surface area contributed by atoms with Crippen LogP contribution in [0.15, 0.2) is 24.3 Å². The molecular weight excluding hydrogens is 432 g/mol. The number of amides is 1. The van der Waals surface area contributed by atoms with Gasteiger partial charge in [0.15, 0.2) is 0 Å². The molecule has 0 spiro atoms. The number of rotatable bonds is 6. The van der Waals surface area contributed by atoms with Crippen molar-refractivity contribution in [2.24, 2.45) is 11.3 Å². The van der Waals surface area contributed by atoms with Gasteiger partial charge in [0.25, 0.3) is 0 Å². The molecule has 2 aliphatic heterocycles. The van der Waals surface area contributed by atoms with E-state index in [1.807, 2.05) is 19.9 Å².